The molecule has 0 bridgehead atoms. The Labute approximate surface area is 172 Å². The Kier molecular flexibility index (Phi) is 5.88. The molecule has 1 aliphatic heterocycles. The van der Waals surface area contributed by atoms with Crippen LogP contribution in [0.2, 0.25) is 0 Å². The van der Waals surface area contributed by atoms with Crippen LogP contribution in [0.3, 0.4) is 0 Å². The number of aliphatic hydroxyl groups excluding tert-OH is 3. The summed E-state index contributed by atoms with van der Waals surface area (Å²) in [7, 11) is 1.42. The summed E-state index contributed by atoms with van der Waals surface area (Å²) in [6, 6.07) is 0. The quantitative estimate of drug-likeness (QED) is 0.322. The van der Waals surface area contributed by atoms with Gasteiger partial charge in [-0.15, -0.1) is 0 Å². The van der Waals surface area contributed by atoms with Crippen LogP contribution in [0.25, 0.3) is 11.2 Å². The van der Waals surface area contributed by atoms with Crippen LogP contribution in [-0.2, 0) is 9.57 Å². The molecular weight excluding hydrogens is 394 g/mol. The number of aliphatic hydroxyl groups is 4. The number of rotatable bonds is 4. The maximum absolute atomic E-state index is 10.6. The predicted octanol–water partition coefficient (Wildman–Crippen LogP) is -0.542. The minimum atomic E-state index is -1.29. The van der Waals surface area contributed by atoms with Crippen molar-refractivity contribution in [3.05, 3.63) is 12.2 Å². The zero-order valence-electron chi connectivity index (χ0n) is 16.5. The molecule has 4 rings (SSSR count). The van der Waals surface area contributed by atoms with Gasteiger partial charge in [0, 0.05) is 0 Å². The van der Waals surface area contributed by atoms with Gasteiger partial charge in [-0.05, 0) is 31.6 Å². The highest BCUT2D eigenvalue weighted by Crippen LogP contribution is 2.32. The van der Waals surface area contributed by atoms with Crippen molar-refractivity contribution in [2.75, 3.05) is 19.2 Å². The highest BCUT2D eigenvalue weighted by atomic mass is 16.6. The van der Waals surface area contributed by atoms with Gasteiger partial charge in [0.25, 0.3) is 0 Å². The lowest BCUT2D eigenvalue weighted by molar-refractivity contribution is -0.0511. The van der Waals surface area contributed by atoms with Gasteiger partial charge in [0.2, 0.25) is 5.82 Å². The van der Waals surface area contributed by atoms with Crippen LogP contribution in [-0.4, -0.2) is 77.6 Å². The van der Waals surface area contributed by atoms with Gasteiger partial charge in [0.15, 0.2) is 23.2 Å². The first-order valence-electron chi connectivity index (χ1n) is 9.87. The second-order valence-corrected chi connectivity index (χ2v) is 7.60. The van der Waals surface area contributed by atoms with Crippen LogP contribution in [0.15, 0.2) is 6.33 Å². The topological polar surface area (TPSA) is 155 Å². The third-order valence-corrected chi connectivity index (χ3v) is 5.50. The van der Waals surface area contributed by atoms with Gasteiger partial charge in [-0.25, -0.2) is 15.4 Å². The number of nitrogens with zero attached hydrogens (tertiary/aromatic N) is 4. The lowest BCUT2D eigenvalue weighted by Gasteiger charge is -2.26. The van der Waals surface area contributed by atoms with E-state index in [2.05, 4.69) is 32.3 Å². The van der Waals surface area contributed by atoms with E-state index < -0.39 is 36.7 Å². The lowest BCUT2D eigenvalue weighted by atomic mass is 9.85. The molecule has 1 saturated carbocycles. The molecule has 2 fully saturated rings. The van der Waals surface area contributed by atoms with Crippen molar-refractivity contribution in [2.45, 2.75) is 62.2 Å². The third-order valence-electron chi connectivity index (χ3n) is 5.50. The first-order chi connectivity index (χ1) is 14.5. The van der Waals surface area contributed by atoms with E-state index in [4.69, 9.17) is 9.57 Å². The van der Waals surface area contributed by atoms with Gasteiger partial charge in [-0.2, -0.15) is 4.98 Å². The lowest BCUT2D eigenvalue weighted by Crippen LogP contribution is -2.33. The van der Waals surface area contributed by atoms with E-state index in [9.17, 15) is 20.4 Å². The minimum Gasteiger partial charge on any atom is -0.394 e. The summed E-state index contributed by atoms with van der Waals surface area (Å²) in [5.74, 6) is 6.12. The molecular formula is C19H25N5O6. The Balaban J connectivity index is 1.74. The maximum atomic E-state index is 10.6. The molecule has 0 unspecified atom stereocenters. The molecule has 2 aromatic rings. The third kappa shape index (κ3) is 3.85. The maximum Gasteiger partial charge on any atom is 0.209 e. The van der Waals surface area contributed by atoms with Crippen LogP contribution < -0.4 is 5.48 Å². The van der Waals surface area contributed by atoms with Crippen LogP contribution in [0.5, 0.6) is 0 Å². The molecule has 162 valence electrons. The summed E-state index contributed by atoms with van der Waals surface area (Å²) >= 11 is 0. The summed E-state index contributed by atoms with van der Waals surface area (Å²) in [5.41, 5.74) is 2.21. The SMILES string of the molecule is CONc1nc(C#CC2(O)CCCCC2)nc2c1ncn2[C@@H]1O[C@H](CO)[C@@H](O)[C@H]1O. The first-order valence-corrected chi connectivity index (χ1v) is 9.87. The van der Waals surface area contributed by atoms with E-state index in [0.29, 0.717) is 24.0 Å². The molecule has 3 heterocycles. The summed E-state index contributed by atoms with van der Waals surface area (Å²) in [6.45, 7) is -0.442. The van der Waals surface area contributed by atoms with E-state index in [0.717, 1.165) is 19.3 Å². The fourth-order valence-corrected chi connectivity index (χ4v) is 3.87. The predicted molar refractivity (Wildman–Crippen MR) is 104 cm³/mol. The Hall–Kier alpha value is -2.33. The average Bonchev–Trinajstić information content (AvgIpc) is 3.29. The highest BCUT2D eigenvalue weighted by molar-refractivity contribution is 5.83. The zero-order valence-corrected chi connectivity index (χ0v) is 16.5. The number of ether oxygens (including phenoxy) is 1. The number of hydrogen-bond acceptors (Lipinski definition) is 10. The molecule has 0 radical (unpaired) electrons. The van der Waals surface area contributed by atoms with Crippen molar-refractivity contribution in [1.82, 2.24) is 19.5 Å². The molecule has 4 atom stereocenters. The number of imidazole rings is 1. The monoisotopic (exact) mass is 419 g/mol. The standard InChI is InChI=1S/C19H25N5O6/c1-29-23-16-13-17(22-12(21-16)5-8-19(28)6-3-2-4-7-19)24(10-20-13)18-15(27)14(26)11(9-25)30-18/h10-11,14-15,18,25-28H,2-4,6-7,9H2,1H3,(H,21,22,23)/t11-,14-,15-,18-/m1/s1. The van der Waals surface area contributed by atoms with Crippen molar-refractivity contribution in [2.24, 2.45) is 0 Å². The van der Waals surface area contributed by atoms with Gasteiger partial charge in [-0.3, -0.25) is 9.40 Å². The van der Waals surface area contributed by atoms with Crippen molar-refractivity contribution >= 4 is 17.0 Å². The fraction of sp³-hybridized carbons (Fsp3) is 0.632. The van der Waals surface area contributed by atoms with Gasteiger partial charge in [-0.1, -0.05) is 12.3 Å². The second-order valence-electron chi connectivity index (χ2n) is 7.60. The van der Waals surface area contributed by atoms with Gasteiger partial charge >= 0.3 is 0 Å². The molecule has 0 aromatic carbocycles. The number of fused-ring (bicyclic) bond motifs is 1. The van der Waals surface area contributed by atoms with E-state index in [-0.39, 0.29) is 11.6 Å². The van der Waals surface area contributed by atoms with Gasteiger partial charge < -0.3 is 25.2 Å². The Morgan fingerprint density at radius 1 is 1.27 bits per heavy atom. The average molecular weight is 419 g/mol. The molecule has 30 heavy (non-hydrogen) atoms. The highest BCUT2D eigenvalue weighted by Gasteiger charge is 2.44. The smallest absolute Gasteiger partial charge is 0.209 e. The number of anilines is 1. The minimum absolute atomic E-state index is 0.134. The second kappa shape index (κ2) is 8.43. The number of hydrogen-bond donors (Lipinski definition) is 5. The van der Waals surface area contributed by atoms with E-state index >= 15 is 0 Å². The molecule has 2 aliphatic rings. The molecule has 1 aliphatic carbocycles. The molecule has 11 heteroatoms. The summed E-state index contributed by atoms with van der Waals surface area (Å²) in [5, 5.41) is 40.4. The number of nitrogens with one attached hydrogen (secondary N) is 1. The van der Waals surface area contributed by atoms with Crippen LogP contribution in [0.1, 0.15) is 44.2 Å². The normalized spacial score (nSPS) is 28.3. The zero-order chi connectivity index (χ0) is 21.3. The molecule has 0 amide bonds. The van der Waals surface area contributed by atoms with Crippen LogP contribution >= 0.6 is 0 Å². The Bertz CT molecular complexity index is 963. The fourth-order valence-electron chi connectivity index (χ4n) is 3.87. The summed E-state index contributed by atoms with van der Waals surface area (Å²) in [6.07, 6.45) is 1.04. The van der Waals surface area contributed by atoms with Crippen molar-refractivity contribution in [1.29, 1.82) is 0 Å². The van der Waals surface area contributed by atoms with Gasteiger partial charge in [0.05, 0.1) is 20.0 Å². The van der Waals surface area contributed by atoms with E-state index in [1.165, 1.54) is 18.0 Å². The number of aromatic nitrogens is 4. The molecule has 1 saturated heterocycles. The van der Waals surface area contributed by atoms with Crippen molar-refractivity contribution in [3.8, 4) is 11.8 Å². The van der Waals surface area contributed by atoms with E-state index in [1.54, 1.807) is 0 Å². The first kappa shape index (κ1) is 20.9. The van der Waals surface area contributed by atoms with Crippen molar-refractivity contribution < 1.29 is 30.0 Å². The molecule has 0 spiro atoms. The molecule has 5 N–H and O–H groups in total. The summed E-state index contributed by atoms with van der Waals surface area (Å²) < 4.78 is 7.03. The Morgan fingerprint density at radius 2 is 2.03 bits per heavy atom. The molecule has 2 aromatic heterocycles. The largest absolute Gasteiger partial charge is 0.394 e. The Morgan fingerprint density at radius 3 is 2.70 bits per heavy atom. The van der Waals surface area contributed by atoms with Crippen molar-refractivity contribution in [3.63, 3.8) is 0 Å². The molecule has 11 nitrogen and oxygen atoms in total. The van der Waals surface area contributed by atoms with Crippen LogP contribution in [0.4, 0.5) is 5.82 Å². The van der Waals surface area contributed by atoms with Crippen LogP contribution in [0, 0.1) is 11.8 Å². The van der Waals surface area contributed by atoms with Gasteiger partial charge in [0.1, 0.15) is 23.9 Å². The van der Waals surface area contributed by atoms with E-state index in [1.807, 2.05) is 0 Å². The summed E-state index contributed by atoms with van der Waals surface area (Å²) in [4.78, 5) is 18.0.